The Hall–Kier alpha value is -3.19. The highest BCUT2D eigenvalue weighted by Gasteiger charge is 2.31. The van der Waals surface area contributed by atoms with Gasteiger partial charge in [0.1, 0.15) is 5.75 Å². The van der Waals surface area contributed by atoms with Crippen molar-refractivity contribution in [3.8, 4) is 11.4 Å². The van der Waals surface area contributed by atoms with Gasteiger partial charge in [-0.3, -0.25) is 4.79 Å². The molecule has 9 nitrogen and oxygen atoms in total. The number of carbonyl (C=O) groups is 1. The summed E-state index contributed by atoms with van der Waals surface area (Å²) < 4.78 is 47.9. The standard InChI is InChI=1S/C20H21F3N6O3S/c1-2-31-12-4-11-24-18(30)17-16(13-33-19-25-9-3-10-26-19)29(28-27-17)14-5-7-15(8-6-14)32-20(21,22)23/h3,5-10H,2,4,11-13H2,1H3,(H,24,30). The number of aromatic nitrogens is 5. The summed E-state index contributed by atoms with van der Waals surface area (Å²) in [5.41, 5.74) is 0.960. The first-order valence-corrected chi connectivity index (χ1v) is 10.9. The Kier molecular flexibility index (Phi) is 8.60. The van der Waals surface area contributed by atoms with Gasteiger partial charge in [0.2, 0.25) is 0 Å². The molecule has 0 fully saturated rings. The normalized spacial score (nSPS) is 11.4. The van der Waals surface area contributed by atoms with Crippen LogP contribution in [-0.2, 0) is 10.5 Å². The molecule has 3 aromatic rings. The molecule has 1 amide bonds. The van der Waals surface area contributed by atoms with Gasteiger partial charge in [-0.2, -0.15) is 0 Å². The van der Waals surface area contributed by atoms with Crippen molar-refractivity contribution < 1.29 is 27.4 Å². The zero-order valence-electron chi connectivity index (χ0n) is 17.6. The fourth-order valence-electron chi connectivity index (χ4n) is 2.70. The molecule has 0 saturated heterocycles. The Morgan fingerprint density at radius 3 is 2.58 bits per heavy atom. The highest BCUT2D eigenvalue weighted by Crippen LogP contribution is 2.26. The molecule has 0 unspecified atom stereocenters. The zero-order chi connectivity index (χ0) is 23.7. The summed E-state index contributed by atoms with van der Waals surface area (Å²) >= 11 is 1.27. The highest BCUT2D eigenvalue weighted by molar-refractivity contribution is 7.98. The maximum atomic E-state index is 12.7. The maximum absolute atomic E-state index is 12.7. The van der Waals surface area contributed by atoms with Gasteiger partial charge >= 0.3 is 6.36 Å². The molecule has 0 aliphatic rings. The van der Waals surface area contributed by atoms with E-state index in [9.17, 15) is 18.0 Å². The Labute approximate surface area is 191 Å². The average molecular weight is 482 g/mol. The van der Waals surface area contributed by atoms with Crippen molar-refractivity contribution in [1.82, 2.24) is 30.3 Å². The second-order valence-electron chi connectivity index (χ2n) is 6.46. The van der Waals surface area contributed by atoms with Crippen molar-refractivity contribution in [3.63, 3.8) is 0 Å². The van der Waals surface area contributed by atoms with Crippen molar-refractivity contribution in [2.24, 2.45) is 0 Å². The SMILES string of the molecule is CCOCCCNC(=O)c1nnn(-c2ccc(OC(F)(F)F)cc2)c1CSc1ncccn1. The second-order valence-corrected chi connectivity index (χ2v) is 7.41. The first-order chi connectivity index (χ1) is 15.9. The first kappa shape index (κ1) is 24.5. The molecular weight excluding hydrogens is 461 g/mol. The second kappa shape index (κ2) is 11.6. The molecule has 176 valence electrons. The summed E-state index contributed by atoms with van der Waals surface area (Å²) in [6.07, 6.45) is -0.970. The van der Waals surface area contributed by atoms with Crippen LogP contribution in [0.25, 0.3) is 5.69 Å². The number of hydrogen-bond donors (Lipinski definition) is 1. The quantitative estimate of drug-likeness (QED) is 0.252. The Morgan fingerprint density at radius 1 is 1.18 bits per heavy atom. The lowest BCUT2D eigenvalue weighted by molar-refractivity contribution is -0.274. The van der Waals surface area contributed by atoms with E-state index in [1.807, 2.05) is 6.92 Å². The summed E-state index contributed by atoms with van der Waals surface area (Å²) in [6, 6.07) is 6.80. The molecule has 3 rings (SSSR count). The summed E-state index contributed by atoms with van der Waals surface area (Å²) in [5.74, 6) is -0.536. The molecule has 1 N–H and O–H groups in total. The van der Waals surface area contributed by atoms with Crippen molar-refractivity contribution in [1.29, 1.82) is 0 Å². The number of ether oxygens (including phenoxy) is 2. The van der Waals surface area contributed by atoms with Crippen molar-refractivity contribution >= 4 is 17.7 Å². The molecule has 1 aromatic carbocycles. The minimum absolute atomic E-state index is 0.102. The number of nitrogens with zero attached hydrogens (tertiary/aromatic N) is 5. The Morgan fingerprint density at radius 2 is 1.91 bits per heavy atom. The molecule has 0 aliphatic heterocycles. The fourth-order valence-corrected chi connectivity index (χ4v) is 3.50. The lowest BCUT2D eigenvalue weighted by Crippen LogP contribution is -2.26. The van der Waals surface area contributed by atoms with Gasteiger partial charge in [-0.15, -0.1) is 18.3 Å². The van der Waals surface area contributed by atoms with Crippen LogP contribution in [0.1, 0.15) is 29.5 Å². The van der Waals surface area contributed by atoms with Crippen LogP contribution in [0.2, 0.25) is 0 Å². The molecule has 0 atom stereocenters. The monoisotopic (exact) mass is 482 g/mol. The average Bonchev–Trinajstić information content (AvgIpc) is 3.21. The predicted molar refractivity (Wildman–Crippen MR) is 113 cm³/mol. The molecule has 0 saturated carbocycles. The molecule has 0 spiro atoms. The maximum Gasteiger partial charge on any atom is 0.573 e. The molecule has 0 bridgehead atoms. The topological polar surface area (TPSA) is 104 Å². The molecule has 0 radical (unpaired) electrons. The smallest absolute Gasteiger partial charge is 0.406 e. The summed E-state index contributed by atoms with van der Waals surface area (Å²) in [6.45, 7) is 3.39. The van der Waals surface area contributed by atoms with Crippen molar-refractivity contribution in [2.75, 3.05) is 19.8 Å². The highest BCUT2D eigenvalue weighted by atomic mass is 32.2. The van der Waals surface area contributed by atoms with Crippen LogP contribution >= 0.6 is 11.8 Å². The molecular formula is C20H21F3N6O3S. The number of rotatable bonds is 11. The third kappa shape index (κ3) is 7.43. The van der Waals surface area contributed by atoms with E-state index in [4.69, 9.17) is 4.74 Å². The Balaban J connectivity index is 1.81. The van der Waals surface area contributed by atoms with E-state index in [0.717, 1.165) is 12.1 Å². The van der Waals surface area contributed by atoms with Crippen LogP contribution in [0.4, 0.5) is 13.2 Å². The number of thioether (sulfide) groups is 1. The van der Waals surface area contributed by atoms with Gasteiger partial charge in [-0.25, -0.2) is 14.6 Å². The first-order valence-electron chi connectivity index (χ1n) is 9.94. The molecule has 33 heavy (non-hydrogen) atoms. The lowest BCUT2D eigenvalue weighted by Gasteiger charge is -2.11. The minimum atomic E-state index is -4.79. The third-order valence-corrected chi connectivity index (χ3v) is 5.02. The van der Waals surface area contributed by atoms with Crippen LogP contribution in [-0.4, -0.2) is 57.0 Å². The number of nitrogens with one attached hydrogen (secondary N) is 1. The van der Waals surface area contributed by atoms with Gasteiger partial charge in [-0.05, 0) is 43.7 Å². The van der Waals surface area contributed by atoms with Crippen LogP contribution in [0.5, 0.6) is 5.75 Å². The van der Waals surface area contributed by atoms with Crippen LogP contribution in [0.3, 0.4) is 0 Å². The van der Waals surface area contributed by atoms with Gasteiger partial charge in [0.15, 0.2) is 10.9 Å². The molecule has 2 aromatic heterocycles. The van der Waals surface area contributed by atoms with Gasteiger partial charge in [0, 0.05) is 37.9 Å². The van der Waals surface area contributed by atoms with Gasteiger partial charge in [0.25, 0.3) is 5.91 Å². The zero-order valence-corrected chi connectivity index (χ0v) is 18.4. The van der Waals surface area contributed by atoms with E-state index >= 15 is 0 Å². The van der Waals surface area contributed by atoms with E-state index in [0.29, 0.717) is 42.7 Å². The van der Waals surface area contributed by atoms with Crippen LogP contribution in [0.15, 0.2) is 47.9 Å². The lowest BCUT2D eigenvalue weighted by atomic mass is 10.2. The van der Waals surface area contributed by atoms with Crippen LogP contribution < -0.4 is 10.1 Å². The van der Waals surface area contributed by atoms with E-state index < -0.39 is 12.3 Å². The largest absolute Gasteiger partial charge is 0.573 e. The van der Waals surface area contributed by atoms with Gasteiger partial charge < -0.3 is 14.8 Å². The van der Waals surface area contributed by atoms with Crippen molar-refractivity contribution in [2.45, 2.75) is 30.6 Å². The van der Waals surface area contributed by atoms with Crippen molar-refractivity contribution in [3.05, 3.63) is 54.1 Å². The molecule has 13 heteroatoms. The number of halogens is 3. The van der Waals surface area contributed by atoms with E-state index in [1.165, 1.54) is 28.6 Å². The molecule has 0 aliphatic carbocycles. The summed E-state index contributed by atoms with van der Waals surface area (Å²) in [7, 11) is 0. The number of carbonyl (C=O) groups excluding carboxylic acids is 1. The third-order valence-electron chi connectivity index (χ3n) is 4.13. The van der Waals surface area contributed by atoms with Crippen LogP contribution in [0, 0.1) is 0 Å². The van der Waals surface area contributed by atoms with Gasteiger partial charge in [0.05, 0.1) is 11.4 Å². The molecule has 2 heterocycles. The Bertz CT molecular complexity index is 1030. The summed E-state index contributed by atoms with van der Waals surface area (Å²) in [5, 5.41) is 11.3. The summed E-state index contributed by atoms with van der Waals surface area (Å²) in [4.78, 5) is 21.0. The van der Waals surface area contributed by atoms with Gasteiger partial charge in [-0.1, -0.05) is 17.0 Å². The van der Waals surface area contributed by atoms with E-state index in [2.05, 4.69) is 30.3 Å². The fraction of sp³-hybridized carbons (Fsp3) is 0.350. The van der Waals surface area contributed by atoms with E-state index in [-0.39, 0.29) is 17.2 Å². The predicted octanol–water partition coefficient (Wildman–Crippen LogP) is 3.40. The number of alkyl halides is 3. The number of amides is 1. The van der Waals surface area contributed by atoms with E-state index in [1.54, 1.807) is 18.5 Å². The minimum Gasteiger partial charge on any atom is -0.406 e. The number of hydrogen-bond acceptors (Lipinski definition) is 8. The number of benzene rings is 1.